The molecule has 0 bridgehead atoms. The molecule has 18 heavy (non-hydrogen) atoms. The molecule has 1 fully saturated rings. The van der Waals surface area contributed by atoms with Crippen molar-refractivity contribution in [1.29, 1.82) is 0 Å². The summed E-state index contributed by atoms with van der Waals surface area (Å²) in [6.07, 6.45) is 0.670. The third-order valence-corrected chi connectivity index (χ3v) is 3.85. The summed E-state index contributed by atoms with van der Waals surface area (Å²) < 4.78 is 6.49. The molecule has 0 spiro atoms. The fourth-order valence-corrected chi connectivity index (χ4v) is 2.60. The fraction of sp³-hybridized carbons (Fsp3) is 0.500. The third kappa shape index (κ3) is 3.12. The van der Waals surface area contributed by atoms with Crippen LogP contribution in [0.25, 0.3) is 0 Å². The van der Waals surface area contributed by atoms with Gasteiger partial charge in [-0.2, -0.15) is 0 Å². The first-order chi connectivity index (χ1) is 8.58. The second-order valence-electron chi connectivity index (χ2n) is 4.84. The van der Waals surface area contributed by atoms with Crippen LogP contribution in [0.4, 0.5) is 0 Å². The quantitative estimate of drug-likeness (QED) is 0.931. The monoisotopic (exact) mass is 311 g/mol. The maximum absolute atomic E-state index is 12.1. The number of ether oxygens (including phenoxy) is 1. The van der Waals surface area contributed by atoms with Crippen molar-refractivity contribution < 1.29 is 9.53 Å². The number of carbonyl (C=O) groups excluding carboxylic acids is 1. The van der Waals surface area contributed by atoms with E-state index in [-0.39, 0.29) is 18.1 Å². The molecule has 1 saturated heterocycles. The Balaban J connectivity index is 1.98. The standard InChI is InChI=1S/C14H18BrNO2/c1-9-6-7-18-13(9)14(17)16-10(2)11-4-3-5-12(15)8-11/h3-5,8-10,13H,6-7H2,1-2H3,(H,16,17). The molecule has 3 unspecified atom stereocenters. The van der Waals surface area contributed by atoms with Crippen LogP contribution in [0.5, 0.6) is 0 Å². The molecule has 1 aromatic carbocycles. The molecule has 98 valence electrons. The lowest BCUT2D eigenvalue weighted by Crippen LogP contribution is -2.38. The first-order valence-corrected chi connectivity index (χ1v) is 7.04. The van der Waals surface area contributed by atoms with Gasteiger partial charge in [0.25, 0.3) is 0 Å². The Labute approximate surface area is 116 Å². The smallest absolute Gasteiger partial charge is 0.249 e. The normalized spacial score (nSPS) is 24.8. The summed E-state index contributed by atoms with van der Waals surface area (Å²) in [7, 11) is 0. The van der Waals surface area contributed by atoms with E-state index in [2.05, 4.69) is 28.2 Å². The molecule has 1 amide bonds. The van der Waals surface area contributed by atoms with Crippen LogP contribution in [-0.2, 0) is 9.53 Å². The molecule has 0 radical (unpaired) electrons. The summed E-state index contributed by atoms with van der Waals surface area (Å²) in [5.41, 5.74) is 1.09. The van der Waals surface area contributed by atoms with Gasteiger partial charge in [-0.1, -0.05) is 35.0 Å². The van der Waals surface area contributed by atoms with Gasteiger partial charge in [0.15, 0.2) is 0 Å². The van der Waals surface area contributed by atoms with Crippen LogP contribution in [-0.4, -0.2) is 18.6 Å². The average Bonchev–Trinajstić information content (AvgIpc) is 2.75. The molecule has 4 heteroatoms. The predicted molar refractivity (Wildman–Crippen MR) is 74.2 cm³/mol. The molecule has 1 aromatic rings. The number of hydrogen-bond acceptors (Lipinski definition) is 2. The van der Waals surface area contributed by atoms with Crippen molar-refractivity contribution >= 4 is 21.8 Å². The number of benzene rings is 1. The lowest BCUT2D eigenvalue weighted by atomic mass is 10.0. The highest BCUT2D eigenvalue weighted by Crippen LogP contribution is 2.22. The largest absolute Gasteiger partial charge is 0.368 e. The summed E-state index contributed by atoms with van der Waals surface area (Å²) in [5, 5.41) is 3.01. The highest BCUT2D eigenvalue weighted by atomic mass is 79.9. The van der Waals surface area contributed by atoms with Gasteiger partial charge in [-0.25, -0.2) is 0 Å². The number of amides is 1. The molecule has 3 atom stereocenters. The second-order valence-corrected chi connectivity index (χ2v) is 5.76. The molecule has 0 aromatic heterocycles. The Bertz CT molecular complexity index is 436. The van der Waals surface area contributed by atoms with E-state index in [1.165, 1.54) is 0 Å². The molecule has 2 rings (SSSR count). The van der Waals surface area contributed by atoms with E-state index in [0.29, 0.717) is 12.5 Å². The summed E-state index contributed by atoms with van der Waals surface area (Å²) in [6.45, 7) is 4.73. The first kappa shape index (κ1) is 13.6. The minimum atomic E-state index is -0.292. The molecule has 0 saturated carbocycles. The second kappa shape index (κ2) is 5.85. The Morgan fingerprint density at radius 1 is 1.56 bits per heavy atom. The van der Waals surface area contributed by atoms with Gasteiger partial charge in [0.1, 0.15) is 6.10 Å². The van der Waals surface area contributed by atoms with E-state index in [1.54, 1.807) is 0 Å². The topological polar surface area (TPSA) is 38.3 Å². The van der Waals surface area contributed by atoms with Gasteiger partial charge in [-0.05, 0) is 37.0 Å². The van der Waals surface area contributed by atoms with Crippen molar-refractivity contribution in [3.63, 3.8) is 0 Å². The zero-order valence-electron chi connectivity index (χ0n) is 10.7. The Morgan fingerprint density at radius 2 is 2.33 bits per heavy atom. The van der Waals surface area contributed by atoms with E-state index in [1.807, 2.05) is 31.2 Å². The van der Waals surface area contributed by atoms with Gasteiger partial charge < -0.3 is 10.1 Å². The van der Waals surface area contributed by atoms with Crippen LogP contribution in [0.15, 0.2) is 28.7 Å². The van der Waals surface area contributed by atoms with Gasteiger partial charge >= 0.3 is 0 Å². The van der Waals surface area contributed by atoms with E-state index < -0.39 is 0 Å². The van der Waals surface area contributed by atoms with Crippen LogP contribution in [0.3, 0.4) is 0 Å². The van der Waals surface area contributed by atoms with Gasteiger partial charge in [0, 0.05) is 11.1 Å². The maximum atomic E-state index is 12.1. The van der Waals surface area contributed by atoms with Crippen LogP contribution in [0, 0.1) is 5.92 Å². The lowest BCUT2D eigenvalue weighted by Gasteiger charge is -2.19. The van der Waals surface area contributed by atoms with Crippen molar-refractivity contribution in [2.24, 2.45) is 5.92 Å². The average molecular weight is 312 g/mol. The summed E-state index contributed by atoms with van der Waals surface area (Å²) >= 11 is 3.44. The summed E-state index contributed by atoms with van der Waals surface area (Å²) in [6, 6.07) is 7.96. The maximum Gasteiger partial charge on any atom is 0.249 e. The molecule has 0 aliphatic carbocycles. The molecule has 3 nitrogen and oxygen atoms in total. The fourth-order valence-electron chi connectivity index (χ4n) is 2.19. The Kier molecular flexibility index (Phi) is 4.40. The molecule has 1 N–H and O–H groups in total. The Morgan fingerprint density at radius 3 is 2.94 bits per heavy atom. The minimum absolute atomic E-state index is 0.00697. The summed E-state index contributed by atoms with van der Waals surface area (Å²) in [5.74, 6) is 0.298. The van der Waals surface area contributed by atoms with Crippen molar-refractivity contribution in [2.45, 2.75) is 32.4 Å². The van der Waals surface area contributed by atoms with Crippen molar-refractivity contribution in [2.75, 3.05) is 6.61 Å². The number of rotatable bonds is 3. The minimum Gasteiger partial charge on any atom is -0.368 e. The van der Waals surface area contributed by atoms with Gasteiger partial charge in [0.05, 0.1) is 6.04 Å². The van der Waals surface area contributed by atoms with E-state index >= 15 is 0 Å². The third-order valence-electron chi connectivity index (χ3n) is 3.35. The van der Waals surface area contributed by atoms with Crippen LogP contribution in [0.1, 0.15) is 31.9 Å². The number of nitrogens with one attached hydrogen (secondary N) is 1. The van der Waals surface area contributed by atoms with Gasteiger partial charge in [0.2, 0.25) is 5.91 Å². The highest BCUT2D eigenvalue weighted by molar-refractivity contribution is 9.10. The van der Waals surface area contributed by atoms with Crippen LogP contribution in [0.2, 0.25) is 0 Å². The van der Waals surface area contributed by atoms with Crippen LogP contribution < -0.4 is 5.32 Å². The van der Waals surface area contributed by atoms with Crippen molar-refractivity contribution in [3.05, 3.63) is 34.3 Å². The molecule has 1 aliphatic heterocycles. The van der Waals surface area contributed by atoms with Crippen LogP contribution >= 0.6 is 15.9 Å². The number of halogens is 1. The number of carbonyl (C=O) groups is 1. The van der Waals surface area contributed by atoms with Crippen molar-refractivity contribution in [1.82, 2.24) is 5.32 Å². The number of hydrogen-bond donors (Lipinski definition) is 1. The lowest BCUT2D eigenvalue weighted by molar-refractivity contribution is -0.132. The molecule has 1 aliphatic rings. The SMILES string of the molecule is CC(NC(=O)C1OCCC1C)c1cccc(Br)c1. The highest BCUT2D eigenvalue weighted by Gasteiger charge is 2.31. The van der Waals surface area contributed by atoms with Crippen molar-refractivity contribution in [3.8, 4) is 0 Å². The first-order valence-electron chi connectivity index (χ1n) is 6.25. The summed E-state index contributed by atoms with van der Waals surface area (Å²) in [4.78, 5) is 12.1. The van der Waals surface area contributed by atoms with E-state index in [4.69, 9.17) is 4.74 Å². The zero-order chi connectivity index (χ0) is 13.1. The van der Waals surface area contributed by atoms with Gasteiger partial charge in [-0.3, -0.25) is 4.79 Å². The molecular weight excluding hydrogens is 294 g/mol. The zero-order valence-corrected chi connectivity index (χ0v) is 12.2. The molecule has 1 heterocycles. The van der Waals surface area contributed by atoms with E-state index in [0.717, 1.165) is 16.5 Å². The van der Waals surface area contributed by atoms with Gasteiger partial charge in [-0.15, -0.1) is 0 Å². The Hall–Kier alpha value is -0.870. The molecular formula is C14H18BrNO2. The predicted octanol–water partition coefficient (Wildman–Crippen LogP) is 3.05. The van der Waals surface area contributed by atoms with E-state index in [9.17, 15) is 4.79 Å².